The normalized spacial score (nSPS) is 52.5. The summed E-state index contributed by atoms with van der Waals surface area (Å²) in [6.45, 7) is 19.7. The standard InChI is InChI=1S/C31H49IO3/c1-19(2)20-10-15-31(18-33)17-16-29(6)21(25(20)31)8-9-23-28(5)13-12-24(35-26(32)34)27(3,4)22(28)11-14-30(23,29)7/h20-25,33H,1,8-18H2,2-7H3/t20?,21?,22?,23?,24?,25?,28-,29+,30+,31?/m0/s1. The largest absolute Gasteiger partial charge is 0.454 e. The minimum Gasteiger partial charge on any atom is -0.454 e. The Hall–Kier alpha value is -0.100. The molecule has 0 bridgehead atoms. The molecule has 7 unspecified atom stereocenters. The summed E-state index contributed by atoms with van der Waals surface area (Å²) in [4.78, 5) is 11.9. The summed E-state index contributed by atoms with van der Waals surface area (Å²) in [5, 5.41) is 10.7. The highest BCUT2D eigenvalue weighted by molar-refractivity contribution is 14.1. The van der Waals surface area contributed by atoms with E-state index >= 15 is 0 Å². The molecule has 0 aromatic carbocycles. The van der Waals surface area contributed by atoms with Crippen molar-refractivity contribution in [1.29, 1.82) is 0 Å². The van der Waals surface area contributed by atoms with Crippen LogP contribution in [0.15, 0.2) is 12.2 Å². The molecule has 35 heavy (non-hydrogen) atoms. The number of halogens is 1. The van der Waals surface area contributed by atoms with Crippen LogP contribution in [0.1, 0.15) is 106 Å². The number of fused-ring (bicyclic) bond motifs is 7. The fourth-order valence-corrected chi connectivity index (χ4v) is 12.2. The van der Waals surface area contributed by atoms with Gasteiger partial charge in [-0.25, -0.2) is 4.79 Å². The van der Waals surface area contributed by atoms with Gasteiger partial charge in [-0.15, -0.1) is 0 Å². The van der Waals surface area contributed by atoms with Gasteiger partial charge in [-0.2, -0.15) is 0 Å². The lowest BCUT2D eigenvalue weighted by atomic mass is 9.32. The SMILES string of the molecule is C=C(C)C1CCC2(CO)CC[C@]3(C)C(CCC4[C@@]5(C)CCC(OC(=O)I)C(C)(C)C5CC[C@]43C)C12. The second-order valence-electron chi connectivity index (χ2n) is 14.9. The van der Waals surface area contributed by atoms with E-state index in [9.17, 15) is 9.90 Å². The maximum Gasteiger partial charge on any atom is 0.367 e. The van der Waals surface area contributed by atoms with Crippen molar-refractivity contribution in [2.45, 2.75) is 112 Å². The molecule has 0 radical (unpaired) electrons. The van der Waals surface area contributed by atoms with Crippen LogP contribution in [0.4, 0.5) is 4.79 Å². The van der Waals surface area contributed by atoms with E-state index in [-0.39, 0.29) is 20.9 Å². The molecule has 0 heterocycles. The zero-order valence-corrected chi connectivity index (χ0v) is 25.2. The Morgan fingerprint density at radius 2 is 1.63 bits per heavy atom. The molecular formula is C31H49IO3. The van der Waals surface area contributed by atoms with Crippen molar-refractivity contribution in [2.75, 3.05) is 6.61 Å². The summed E-state index contributed by atoms with van der Waals surface area (Å²) < 4.78 is 5.73. The van der Waals surface area contributed by atoms with E-state index in [4.69, 9.17) is 4.74 Å². The van der Waals surface area contributed by atoms with E-state index < -0.39 is 0 Å². The fraction of sp³-hybridized carbons (Fsp3) is 0.903. The van der Waals surface area contributed by atoms with E-state index in [0.29, 0.717) is 46.5 Å². The van der Waals surface area contributed by atoms with Gasteiger partial charge < -0.3 is 9.84 Å². The molecule has 1 N–H and O–H groups in total. The number of allylic oxidation sites excluding steroid dienone is 1. The summed E-state index contributed by atoms with van der Waals surface area (Å²) in [5.74, 6) is 3.19. The van der Waals surface area contributed by atoms with Gasteiger partial charge in [0.25, 0.3) is 0 Å². The predicted molar refractivity (Wildman–Crippen MR) is 150 cm³/mol. The molecule has 0 aromatic heterocycles. The summed E-state index contributed by atoms with van der Waals surface area (Å²) in [6, 6.07) is 0. The van der Waals surface area contributed by atoms with Gasteiger partial charge in [0, 0.05) is 12.0 Å². The maximum atomic E-state index is 11.9. The Morgan fingerprint density at radius 3 is 2.26 bits per heavy atom. The first-order chi connectivity index (χ1) is 16.3. The minimum absolute atomic E-state index is 0.0159. The van der Waals surface area contributed by atoms with E-state index in [1.807, 2.05) is 0 Å². The molecular weight excluding hydrogens is 547 g/mol. The summed E-state index contributed by atoms with van der Waals surface area (Å²) in [6.07, 6.45) is 12.2. The summed E-state index contributed by atoms with van der Waals surface area (Å²) >= 11 is 1.80. The van der Waals surface area contributed by atoms with Crippen molar-refractivity contribution in [2.24, 2.45) is 56.7 Å². The smallest absolute Gasteiger partial charge is 0.367 e. The Kier molecular flexibility index (Phi) is 6.40. The first kappa shape index (κ1) is 26.5. The van der Waals surface area contributed by atoms with Crippen molar-refractivity contribution in [1.82, 2.24) is 0 Å². The van der Waals surface area contributed by atoms with Crippen LogP contribution in [0.2, 0.25) is 0 Å². The van der Waals surface area contributed by atoms with Crippen molar-refractivity contribution in [3.05, 3.63) is 12.2 Å². The predicted octanol–water partition coefficient (Wildman–Crippen LogP) is 8.58. The van der Waals surface area contributed by atoms with Crippen LogP contribution in [0.5, 0.6) is 0 Å². The van der Waals surface area contributed by atoms with Crippen LogP contribution in [0.25, 0.3) is 0 Å². The number of carbonyl (C=O) groups is 1. The minimum atomic E-state index is -0.156. The average molecular weight is 597 g/mol. The summed E-state index contributed by atoms with van der Waals surface area (Å²) in [5.41, 5.74) is 2.44. The maximum absolute atomic E-state index is 11.9. The molecule has 0 amide bonds. The Morgan fingerprint density at radius 1 is 0.914 bits per heavy atom. The highest BCUT2D eigenvalue weighted by Crippen LogP contribution is 2.77. The zero-order chi connectivity index (χ0) is 25.6. The number of ether oxygens (including phenoxy) is 1. The van der Waals surface area contributed by atoms with Gasteiger partial charge in [-0.05, 0) is 122 Å². The quantitative estimate of drug-likeness (QED) is 0.202. The molecule has 10 atom stereocenters. The van der Waals surface area contributed by atoms with Crippen LogP contribution >= 0.6 is 22.6 Å². The molecule has 5 saturated carbocycles. The van der Waals surface area contributed by atoms with Crippen molar-refractivity contribution in [3.63, 3.8) is 0 Å². The second-order valence-corrected chi connectivity index (χ2v) is 15.8. The van der Waals surface area contributed by atoms with Crippen LogP contribution in [-0.4, -0.2) is 21.8 Å². The number of hydrogen-bond donors (Lipinski definition) is 1. The lowest BCUT2D eigenvalue weighted by Gasteiger charge is -2.73. The molecule has 5 rings (SSSR count). The number of rotatable bonds is 3. The zero-order valence-electron chi connectivity index (χ0n) is 23.1. The number of carbonyl (C=O) groups excluding carboxylic acids is 1. The van der Waals surface area contributed by atoms with Crippen LogP contribution in [0.3, 0.4) is 0 Å². The third-order valence-electron chi connectivity index (χ3n) is 13.7. The topological polar surface area (TPSA) is 46.5 Å². The fourth-order valence-electron chi connectivity index (χ4n) is 11.9. The van der Waals surface area contributed by atoms with Gasteiger partial charge >= 0.3 is 3.98 Å². The number of aliphatic hydroxyl groups is 1. The molecule has 0 saturated heterocycles. The van der Waals surface area contributed by atoms with Crippen LogP contribution in [0, 0.1) is 56.7 Å². The molecule has 5 aliphatic rings. The highest BCUT2D eigenvalue weighted by atomic mass is 127. The van der Waals surface area contributed by atoms with Gasteiger partial charge in [0.2, 0.25) is 0 Å². The number of hydrogen-bond acceptors (Lipinski definition) is 3. The van der Waals surface area contributed by atoms with E-state index in [0.717, 1.165) is 12.3 Å². The van der Waals surface area contributed by atoms with Gasteiger partial charge in [0.05, 0.1) is 22.6 Å². The lowest BCUT2D eigenvalue weighted by Crippen LogP contribution is -2.67. The molecule has 0 spiro atoms. The van der Waals surface area contributed by atoms with E-state index in [2.05, 4.69) is 48.1 Å². The van der Waals surface area contributed by atoms with Crippen molar-refractivity contribution < 1.29 is 14.6 Å². The van der Waals surface area contributed by atoms with Crippen LogP contribution < -0.4 is 0 Å². The van der Waals surface area contributed by atoms with Gasteiger partial charge in [-0.3, -0.25) is 0 Å². The lowest BCUT2D eigenvalue weighted by molar-refractivity contribution is -0.248. The molecule has 3 nitrogen and oxygen atoms in total. The van der Waals surface area contributed by atoms with Gasteiger partial charge in [-0.1, -0.05) is 46.8 Å². The van der Waals surface area contributed by atoms with Crippen molar-refractivity contribution in [3.8, 4) is 0 Å². The van der Waals surface area contributed by atoms with Crippen LogP contribution in [-0.2, 0) is 4.74 Å². The van der Waals surface area contributed by atoms with Gasteiger partial charge in [0.15, 0.2) is 0 Å². The van der Waals surface area contributed by atoms with E-state index in [1.54, 1.807) is 22.6 Å². The molecule has 4 heteroatoms. The Labute approximate surface area is 227 Å². The molecule has 0 aromatic rings. The second kappa shape index (κ2) is 8.45. The first-order valence-corrected chi connectivity index (χ1v) is 15.5. The summed E-state index contributed by atoms with van der Waals surface area (Å²) in [7, 11) is 0. The van der Waals surface area contributed by atoms with E-state index in [1.165, 1.54) is 63.4 Å². The highest BCUT2D eigenvalue weighted by Gasteiger charge is 2.71. The Balaban J connectivity index is 1.51. The third-order valence-corrected chi connectivity index (χ3v) is 14.0. The first-order valence-electron chi connectivity index (χ1n) is 14.4. The molecule has 0 aliphatic heterocycles. The molecule has 5 aliphatic carbocycles. The average Bonchev–Trinajstić information content (AvgIpc) is 3.16. The monoisotopic (exact) mass is 596 g/mol. The molecule has 198 valence electrons. The third kappa shape index (κ3) is 3.46. The molecule has 5 fully saturated rings. The van der Waals surface area contributed by atoms with Crippen molar-refractivity contribution >= 4 is 26.6 Å². The Bertz CT molecular complexity index is 898. The van der Waals surface area contributed by atoms with Gasteiger partial charge in [0.1, 0.15) is 6.10 Å². The number of aliphatic hydroxyl groups excluding tert-OH is 1.